The van der Waals surface area contributed by atoms with E-state index in [2.05, 4.69) is 30.8 Å². The van der Waals surface area contributed by atoms with Crippen molar-refractivity contribution in [2.75, 3.05) is 25.4 Å². The summed E-state index contributed by atoms with van der Waals surface area (Å²) < 4.78 is 25.7. The summed E-state index contributed by atoms with van der Waals surface area (Å²) in [6.07, 6.45) is 4.22. The molecular formula is C12H28N2O2S. The number of unbranched alkanes of at least 4 members (excludes halogenated alkanes) is 1. The molecule has 104 valence electrons. The summed E-state index contributed by atoms with van der Waals surface area (Å²) in [4.78, 5) is 0. The number of nitrogens with one attached hydrogen (secondary N) is 2. The lowest BCUT2D eigenvalue weighted by atomic mass is 10.1. The Morgan fingerprint density at radius 1 is 1.06 bits per heavy atom. The zero-order chi connectivity index (χ0) is 13.1. The second kappa shape index (κ2) is 9.85. The summed E-state index contributed by atoms with van der Waals surface area (Å²) in [5, 5.41) is 3.09. The van der Waals surface area contributed by atoms with Crippen LogP contribution in [0.15, 0.2) is 0 Å². The van der Waals surface area contributed by atoms with Crippen LogP contribution in [0.1, 0.15) is 46.5 Å². The summed E-state index contributed by atoms with van der Waals surface area (Å²) >= 11 is 0. The Labute approximate surface area is 107 Å². The summed E-state index contributed by atoms with van der Waals surface area (Å²) in [6.45, 7) is 8.42. The first kappa shape index (κ1) is 16.9. The lowest BCUT2D eigenvalue weighted by molar-refractivity contribution is 0.530. The Balaban J connectivity index is 3.51. The molecule has 0 heterocycles. The van der Waals surface area contributed by atoms with Gasteiger partial charge in [0, 0.05) is 13.1 Å². The van der Waals surface area contributed by atoms with Gasteiger partial charge < -0.3 is 5.32 Å². The van der Waals surface area contributed by atoms with Crippen LogP contribution in [0, 0.1) is 5.92 Å². The van der Waals surface area contributed by atoms with E-state index in [9.17, 15) is 8.42 Å². The highest BCUT2D eigenvalue weighted by Gasteiger charge is 2.08. The third kappa shape index (κ3) is 12.1. The predicted molar refractivity (Wildman–Crippen MR) is 73.6 cm³/mol. The van der Waals surface area contributed by atoms with Crippen LogP contribution in [0.3, 0.4) is 0 Å². The van der Waals surface area contributed by atoms with Crippen molar-refractivity contribution in [3.63, 3.8) is 0 Å². The van der Waals surface area contributed by atoms with Crippen molar-refractivity contribution in [2.24, 2.45) is 5.92 Å². The maximum absolute atomic E-state index is 11.5. The van der Waals surface area contributed by atoms with Gasteiger partial charge in [0.15, 0.2) is 0 Å². The van der Waals surface area contributed by atoms with Crippen molar-refractivity contribution in [2.45, 2.75) is 46.5 Å². The molecule has 0 radical (unpaired) electrons. The van der Waals surface area contributed by atoms with Crippen molar-refractivity contribution in [1.82, 2.24) is 10.0 Å². The fourth-order valence-corrected chi connectivity index (χ4v) is 2.50. The molecule has 0 saturated heterocycles. The monoisotopic (exact) mass is 264 g/mol. The normalized spacial score (nSPS) is 12.2. The topological polar surface area (TPSA) is 58.2 Å². The predicted octanol–water partition coefficient (Wildman–Crippen LogP) is 1.73. The molecule has 0 saturated carbocycles. The molecule has 0 atom stereocenters. The first-order chi connectivity index (χ1) is 7.98. The van der Waals surface area contributed by atoms with Crippen molar-refractivity contribution in [3.05, 3.63) is 0 Å². The quantitative estimate of drug-likeness (QED) is 0.559. The smallest absolute Gasteiger partial charge is 0.212 e. The first-order valence-electron chi connectivity index (χ1n) is 6.66. The summed E-state index contributed by atoms with van der Waals surface area (Å²) in [5.74, 6) is 0.877. The van der Waals surface area contributed by atoms with Gasteiger partial charge >= 0.3 is 0 Å². The zero-order valence-corrected chi connectivity index (χ0v) is 12.3. The standard InChI is InChI=1S/C12H28N2O2S/c1-4-8-13-10-11-17(15,16)14-9-6-5-7-12(2)3/h12-14H,4-11H2,1-3H3. The van der Waals surface area contributed by atoms with E-state index in [-0.39, 0.29) is 5.75 Å². The Morgan fingerprint density at radius 2 is 1.76 bits per heavy atom. The highest BCUT2D eigenvalue weighted by atomic mass is 32.2. The largest absolute Gasteiger partial charge is 0.316 e. The first-order valence-corrected chi connectivity index (χ1v) is 8.31. The Hall–Kier alpha value is -0.130. The van der Waals surface area contributed by atoms with Crippen LogP contribution >= 0.6 is 0 Å². The van der Waals surface area contributed by atoms with Crippen molar-refractivity contribution in [1.29, 1.82) is 0 Å². The van der Waals surface area contributed by atoms with E-state index in [0.717, 1.165) is 25.8 Å². The molecule has 0 aromatic heterocycles. The third-order valence-electron chi connectivity index (χ3n) is 2.50. The number of hydrogen-bond acceptors (Lipinski definition) is 3. The lowest BCUT2D eigenvalue weighted by Gasteiger charge is -2.08. The number of rotatable bonds is 11. The van der Waals surface area contributed by atoms with Gasteiger partial charge in [-0.1, -0.05) is 33.6 Å². The van der Waals surface area contributed by atoms with Gasteiger partial charge in [-0.15, -0.1) is 0 Å². The lowest BCUT2D eigenvalue weighted by Crippen LogP contribution is -2.32. The minimum absolute atomic E-state index is 0.178. The van der Waals surface area contributed by atoms with E-state index in [1.165, 1.54) is 6.42 Å². The molecule has 0 amide bonds. The highest BCUT2D eigenvalue weighted by Crippen LogP contribution is 2.05. The van der Waals surface area contributed by atoms with Gasteiger partial charge in [0.05, 0.1) is 5.75 Å². The van der Waals surface area contributed by atoms with Crippen molar-refractivity contribution >= 4 is 10.0 Å². The van der Waals surface area contributed by atoms with E-state index in [1.54, 1.807) is 0 Å². The summed E-state index contributed by atoms with van der Waals surface area (Å²) in [6, 6.07) is 0. The van der Waals surface area contributed by atoms with Gasteiger partial charge in [0.25, 0.3) is 0 Å². The fraction of sp³-hybridized carbons (Fsp3) is 1.00. The van der Waals surface area contributed by atoms with Gasteiger partial charge in [-0.05, 0) is 25.3 Å². The van der Waals surface area contributed by atoms with E-state index >= 15 is 0 Å². The van der Waals surface area contributed by atoms with Crippen LogP contribution in [-0.4, -0.2) is 33.8 Å². The van der Waals surface area contributed by atoms with Gasteiger partial charge in [-0.2, -0.15) is 0 Å². The maximum Gasteiger partial charge on any atom is 0.212 e. The van der Waals surface area contributed by atoms with Crippen LogP contribution in [0.4, 0.5) is 0 Å². The minimum Gasteiger partial charge on any atom is -0.316 e. The summed E-state index contributed by atoms with van der Waals surface area (Å²) in [5.41, 5.74) is 0. The second-order valence-corrected chi connectivity index (χ2v) is 6.78. The van der Waals surface area contributed by atoms with Crippen molar-refractivity contribution in [3.8, 4) is 0 Å². The molecule has 2 N–H and O–H groups in total. The van der Waals surface area contributed by atoms with Gasteiger partial charge in [-0.3, -0.25) is 0 Å². The molecule has 0 aliphatic carbocycles. The fourth-order valence-electron chi connectivity index (χ4n) is 1.49. The van der Waals surface area contributed by atoms with E-state index in [1.807, 2.05) is 0 Å². The Bertz CT molecular complexity index is 264. The molecule has 0 aliphatic rings. The van der Waals surface area contributed by atoms with Gasteiger partial charge in [0.2, 0.25) is 10.0 Å². The molecule has 0 bridgehead atoms. The number of hydrogen-bond donors (Lipinski definition) is 2. The third-order valence-corrected chi connectivity index (χ3v) is 3.89. The molecule has 0 aromatic carbocycles. The number of sulfonamides is 1. The SMILES string of the molecule is CCCNCCS(=O)(=O)NCCCCC(C)C. The van der Waals surface area contributed by atoms with Gasteiger partial charge in [-0.25, -0.2) is 13.1 Å². The molecular weight excluding hydrogens is 236 g/mol. The van der Waals surface area contributed by atoms with Crippen molar-refractivity contribution < 1.29 is 8.42 Å². The Kier molecular flexibility index (Phi) is 9.78. The molecule has 0 spiro atoms. The van der Waals surface area contributed by atoms with Crippen LogP contribution in [0.2, 0.25) is 0 Å². The maximum atomic E-state index is 11.5. The summed E-state index contributed by atoms with van der Waals surface area (Å²) in [7, 11) is -3.08. The van der Waals surface area contributed by atoms with E-state index in [4.69, 9.17) is 0 Å². The van der Waals surface area contributed by atoms with E-state index < -0.39 is 10.0 Å². The highest BCUT2D eigenvalue weighted by molar-refractivity contribution is 7.89. The van der Waals surface area contributed by atoms with E-state index in [0.29, 0.717) is 19.0 Å². The second-order valence-electron chi connectivity index (χ2n) is 4.85. The molecule has 0 fully saturated rings. The van der Waals surface area contributed by atoms with Crippen LogP contribution in [0.5, 0.6) is 0 Å². The average Bonchev–Trinajstić information content (AvgIpc) is 2.23. The van der Waals surface area contributed by atoms with Crippen LogP contribution in [0.25, 0.3) is 0 Å². The minimum atomic E-state index is -3.08. The molecule has 17 heavy (non-hydrogen) atoms. The molecule has 0 unspecified atom stereocenters. The van der Waals surface area contributed by atoms with Gasteiger partial charge in [0.1, 0.15) is 0 Å². The van der Waals surface area contributed by atoms with Crippen LogP contribution < -0.4 is 10.0 Å². The zero-order valence-electron chi connectivity index (χ0n) is 11.5. The molecule has 4 nitrogen and oxygen atoms in total. The molecule has 0 rings (SSSR count). The molecule has 0 aromatic rings. The average molecular weight is 264 g/mol. The van der Waals surface area contributed by atoms with Crippen LogP contribution in [-0.2, 0) is 10.0 Å². The Morgan fingerprint density at radius 3 is 2.35 bits per heavy atom. The molecule has 0 aliphatic heterocycles. The molecule has 5 heteroatoms.